The minimum Gasteiger partial charge on any atom is -0.372 e. The van der Waals surface area contributed by atoms with Crippen LogP contribution in [0, 0.1) is 5.92 Å². The van der Waals surface area contributed by atoms with Gasteiger partial charge in [-0.05, 0) is 18.4 Å². The van der Waals surface area contributed by atoms with Gasteiger partial charge in [0.15, 0.2) is 0 Å². The molecule has 1 saturated carbocycles. The number of aromatic nitrogens is 1. The first-order chi connectivity index (χ1) is 7.11. The number of anilines is 2. The van der Waals surface area contributed by atoms with Crippen LogP contribution in [-0.4, -0.2) is 18.1 Å². The normalized spacial score (nSPS) is 23.7. The Morgan fingerprint density at radius 1 is 1.33 bits per heavy atom. The zero-order chi connectivity index (χ0) is 11.0. The summed E-state index contributed by atoms with van der Waals surface area (Å²) in [6, 6.07) is 2.21. The number of nitrogens with one attached hydrogen (secondary N) is 2. The number of nitrogens with zero attached hydrogens (tertiary/aromatic N) is 1. The third kappa shape index (κ3) is 2.29. The van der Waals surface area contributed by atoms with Crippen molar-refractivity contribution in [2.45, 2.75) is 19.4 Å². The van der Waals surface area contributed by atoms with E-state index in [0.717, 1.165) is 0 Å². The van der Waals surface area contributed by atoms with Crippen LogP contribution in [0.2, 0.25) is 10.0 Å². The van der Waals surface area contributed by atoms with E-state index < -0.39 is 0 Å². The smallest absolute Gasteiger partial charge is 0.147 e. The third-order valence-corrected chi connectivity index (χ3v) is 3.17. The zero-order valence-corrected chi connectivity index (χ0v) is 10.2. The molecule has 2 atom stereocenters. The lowest BCUT2D eigenvalue weighted by Gasteiger charge is -2.10. The molecule has 0 spiro atoms. The number of hydrogen-bond acceptors (Lipinski definition) is 3. The summed E-state index contributed by atoms with van der Waals surface area (Å²) in [7, 11) is 1.78. The van der Waals surface area contributed by atoms with Crippen LogP contribution < -0.4 is 10.6 Å². The topological polar surface area (TPSA) is 37.0 Å². The molecule has 1 aromatic rings. The Balaban J connectivity index is 2.22. The highest BCUT2D eigenvalue weighted by molar-refractivity contribution is 6.37. The van der Waals surface area contributed by atoms with Gasteiger partial charge in [-0.3, -0.25) is 0 Å². The first-order valence-electron chi connectivity index (χ1n) is 4.92. The van der Waals surface area contributed by atoms with Crippen molar-refractivity contribution >= 4 is 34.8 Å². The Hall–Kier alpha value is -0.670. The van der Waals surface area contributed by atoms with Gasteiger partial charge in [-0.1, -0.05) is 30.1 Å². The van der Waals surface area contributed by atoms with E-state index in [0.29, 0.717) is 33.6 Å². The van der Waals surface area contributed by atoms with Gasteiger partial charge in [0, 0.05) is 13.1 Å². The molecular weight excluding hydrogens is 233 g/mol. The Morgan fingerprint density at radius 2 is 1.93 bits per heavy atom. The van der Waals surface area contributed by atoms with Gasteiger partial charge < -0.3 is 10.6 Å². The average molecular weight is 246 g/mol. The van der Waals surface area contributed by atoms with Gasteiger partial charge in [0.05, 0.1) is 10.0 Å². The first kappa shape index (κ1) is 10.8. The second kappa shape index (κ2) is 4.06. The second-order valence-corrected chi connectivity index (χ2v) is 4.68. The molecule has 2 rings (SSSR count). The summed E-state index contributed by atoms with van der Waals surface area (Å²) in [6.45, 7) is 2.19. The Bertz CT molecular complexity index is 381. The van der Waals surface area contributed by atoms with Crippen LogP contribution in [0.25, 0.3) is 0 Å². The third-order valence-electron chi connectivity index (χ3n) is 2.60. The van der Waals surface area contributed by atoms with Gasteiger partial charge in [-0.15, -0.1) is 0 Å². The molecule has 3 nitrogen and oxygen atoms in total. The molecule has 1 aliphatic rings. The molecule has 0 saturated heterocycles. The van der Waals surface area contributed by atoms with Crippen molar-refractivity contribution in [3.05, 3.63) is 16.1 Å². The fraction of sp³-hybridized carbons (Fsp3) is 0.500. The van der Waals surface area contributed by atoms with Crippen LogP contribution in [0.3, 0.4) is 0 Å². The number of hydrogen-bond donors (Lipinski definition) is 2. The predicted octanol–water partition coefficient (Wildman–Crippen LogP) is 3.25. The molecule has 2 unspecified atom stereocenters. The standard InChI is InChI=1S/C10H13Cl2N3/c1-5-3-8(5)14-10-7(12)4-6(11)9(13-2)15-10/h4-5,8H,3H2,1-2H3,(H2,13,14,15). The summed E-state index contributed by atoms with van der Waals surface area (Å²) in [5.74, 6) is 2.06. The van der Waals surface area contributed by atoms with Crippen LogP contribution in [0.15, 0.2) is 6.07 Å². The molecule has 0 amide bonds. The van der Waals surface area contributed by atoms with E-state index in [4.69, 9.17) is 23.2 Å². The molecule has 1 fully saturated rings. The van der Waals surface area contributed by atoms with Crippen LogP contribution in [0.4, 0.5) is 11.6 Å². The number of rotatable bonds is 3. The SMILES string of the molecule is CNc1nc(NC2CC2C)c(Cl)cc1Cl. The van der Waals surface area contributed by atoms with Gasteiger partial charge in [0.2, 0.25) is 0 Å². The lowest BCUT2D eigenvalue weighted by Crippen LogP contribution is -2.07. The molecule has 0 radical (unpaired) electrons. The zero-order valence-electron chi connectivity index (χ0n) is 8.64. The summed E-state index contributed by atoms with van der Waals surface area (Å²) >= 11 is 12.0. The quantitative estimate of drug-likeness (QED) is 0.859. The van der Waals surface area contributed by atoms with E-state index in [1.165, 1.54) is 6.42 Å². The van der Waals surface area contributed by atoms with Crippen LogP contribution >= 0.6 is 23.2 Å². The molecule has 5 heteroatoms. The largest absolute Gasteiger partial charge is 0.372 e. The highest BCUT2D eigenvalue weighted by atomic mass is 35.5. The molecule has 15 heavy (non-hydrogen) atoms. The number of pyridine rings is 1. The Labute approximate surface area is 99.2 Å². The fourth-order valence-corrected chi connectivity index (χ4v) is 1.95. The van der Waals surface area contributed by atoms with Gasteiger partial charge in [0.1, 0.15) is 11.6 Å². The monoisotopic (exact) mass is 245 g/mol. The van der Waals surface area contributed by atoms with E-state index in [2.05, 4.69) is 22.5 Å². The minimum absolute atomic E-state index is 0.501. The van der Waals surface area contributed by atoms with Gasteiger partial charge in [-0.2, -0.15) is 0 Å². The molecule has 2 N–H and O–H groups in total. The molecule has 0 aliphatic heterocycles. The van der Waals surface area contributed by atoms with Gasteiger partial charge in [-0.25, -0.2) is 4.98 Å². The van der Waals surface area contributed by atoms with E-state index >= 15 is 0 Å². The second-order valence-electron chi connectivity index (χ2n) is 3.86. The van der Waals surface area contributed by atoms with Crippen molar-refractivity contribution in [1.82, 2.24) is 4.98 Å². The summed E-state index contributed by atoms with van der Waals surface area (Å²) in [5, 5.41) is 7.33. The Morgan fingerprint density at radius 3 is 2.47 bits per heavy atom. The van der Waals surface area contributed by atoms with E-state index in [9.17, 15) is 0 Å². The van der Waals surface area contributed by atoms with Crippen molar-refractivity contribution in [2.75, 3.05) is 17.7 Å². The minimum atomic E-state index is 0.501. The van der Waals surface area contributed by atoms with Crippen molar-refractivity contribution in [3.8, 4) is 0 Å². The summed E-state index contributed by atoms with van der Waals surface area (Å²) in [4.78, 5) is 4.32. The van der Waals surface area contributed by atoms with Crippen LogP contribution in [0.5, 0.6) is 0 Å². The molecule has 0 bridgehead atoms. The number of halogens is 2. The summed E-state index contributed by atoms with van der Waals surface area (Å²) in [6.07, 6.45) is 1.18. The van der Waals surface area contributed by atoms with Crippen LogP contribution in [0.1, 0.15) is 13.3 Å². The molecular formula is C10H13Cl2N3. The average Bonchev–Trinajstić information content (AvgIpc) is 2.87. The summed E-state index contributed by atoms with van der Waals surface area (Å²) < 4.78 is 0. The molecule has 82 valence electrons. The fourth-order valence-electron chi connectivity index (χ4n) is 1.44. The molecule has 1 aliphatic carbocycles. The van der Waals surface area contributed by atoms with E-state index in [1.807, 2.05) is 0 Å². The van der Waals surface area contributed by atoms with Crippen molar-refractivity contribution in [2.24, 2.45) is 5.92 Å². The lowest BCUT2D eigenvalue weighted by atomic mass is 10.4. The highest BCUT2D eigenvalue weighted by Gasteiger charge is 2.33. The van der Waals surface area contributed by atoms with Crippen LogP contribution in [-0.2, 0) is 0 Å². The maximum absolute atomic E-state index is 6.04. The van der Waals surface area contributed by atoms with Gasteiger partial charge >= 0.3 is 0 Å². The van der Waals surface area contributed by atoms with Crippen molar-refractivity contribution in [1.29, 1.82) is 0 Å². The maximum atomic E-state index is 6.04. The summed E-state index contributed by atoms with van der Waals surface area (Å²) in [5.41, 5.74) is 0. The predicted molar refractivity (Wildman–Crippen MR) is 65.0 cm³/mol. The van der Waals surface area contributed by atoms with Gasteiger partial charge in [0.25, 0.3) is 0 Å². The molecule has 1 aromatic heterocycles. The highest BCUT2D eigenvalue weighted by Crippen LogP contribution is 2.36. The Kier molecular flexibility index (Phi) is 2.94. The van der Waals surface area contributed by atoms with E-state index in [1.54, 1.807) is 13.1 Å². The lowest BCUT2D eigenvalue weighted by molar-refractivity contribution is 0.924. The van der Waals surface area contributed by atoms with Crippen molar-refractivity contribution in [3.63, 3.8) is 0 Å². The molecule has 0 aromatic carbocycles. The molecule has 1 heterocycles. The maximum Gasteiger partial charge on any atom is 0.147 e. The first-order valence-corrected chi connectivity index (χ1v) is 5.67. The van der Waals surface area contributed by atoms with Crippen molar-refractivity contribution < 1.29 is 0 Å². The van der Waals surface area contributed by atoms with E-state index in [-0.39, 0.29) is 0 Å².